The van der Waals surface area contributed by atoms with E-state index >= 15 is 0 Å². The van der Waals surface area contributed by atoms with Crippen LogP contribution in [0.3, 0.4) is 0 Å². The van der Waals surface area contributed by atoms with E-state index in [9.17, 15) is 17.6 Å². The second-order valence-electron chi connectivity index (χ2n) is 6.39. The van der Waals surface area contributed by atoms with Crippen LogP contribution in [0.5, 0.6) is 0 Å². The molecule has 0 aliphatic carbocycles. The molecule has 0 aliphatic rings. The Labute approximate surface area is 178 Å². The van der Waals surface area contributed by atoms with Crippen LogP contribution in [0, 0.1) is 5.82 Å². The molecule has 1 N–H and O–H groups in total. The minimum atomic E-state index is -3.63. The number of amides is 1. The third-order valence-electron chi connectivity index (χ3n) is 4.29. The van der Waals surface area contributed by atoms with Crippen molar-refractivity contribution >= 4 is 27.5 Å². The largest absolute Gasteiger partial charge is 0.347 e. The Morgan fingerprint density at radius 1 is 1.10 bits per heavy atom. The normalized spacial score (nSPS) is 11.4. The maximum Gasteiger partial charge on any atom is 0.315 e. The number of carbonyl (C=O) groups is 1. The van der Waals surface area contributed by atoms with Gasteiger partial charge < -0.3 is 9.84 Å². The second-order valence-corrected chi connectivity index (χ2v) is 9.38. The quantitative estimate of drug-likeness (QED) is 0.396. The van der Waals surface area contributed by atoms with E-state index in [1.165, 1.54) is 17.0 Å². The number of rotatable bonds is 9. The summed E-state index contributed by atoms with van der Waals surface area (Å²) >= 11 is 1.66. The number of aryl methyl sites for hydroxylation is 1. The van der Waals surface area contributed by atoms with E-state index in [2.05, 4.69) is 15.5 Å². The average molecular weight is 450 g/mol. The molecule has 0 aliphatic heterocycles. The van der Waals surface area contributed by atoms with Crippen molar-refractivity contribution in [2.45, 2.75) is 22.6 Å². The molecule has 0 saturated heterocycles. The molecule has 7 nitrogen and oxygen atoms in total. The molecule has 30 heavy (non-hydrogen) atoms. The predicted molar refractivity (Wildman–Crippen MR) is 111 cm³/mol. The third kappa shape index (κ3) is 5.90. The lowest BCUT2D eigenvalue weighted by molar-refractivity contribution is 0.0910. The third-order valence-corrected chi connectivity index (χ3v) is 6.76. The number of carbonyl (C=O) groups excluding carboxylic acids is 1. The van der Waals surface area contributed by atoms with Gasteiger partial charge in [0.25, 0.3) is 0 Å². The van der Waals surface area contributed by atoms with Crippen LogP contribution in [0.1, 0.15) is 22.1 Å². The number of sulfone groups is 1. The molecule has 0 spiro atoms. The van der Waals surface area contributed by atoms with Crippen LogP contribution >= 0.6 is 11.8 Å². The van der Waals surface area contributed by atoms with Gasteiger partial charge in [0.2, 0.25) is 0 Å². The van der Waals surface area contributed by atoms with Gasteiger partial charge in [0.15, 0.2) is 15.7 Å². The number of hydrogen-bond donors (Lipinski definition) is 1. The topological polar surface area (TPSA) is 102 Å². The number of halogens is 1. The van der Waals surface area contributed by atoms with Crippen LogP contribution in [0.4, 0.5) is 4.39 Å². The SMILES string of the molecule is CSc1ccc(CCNC(=O)c2nc(CCS(=O)(=O)c3ccc(F)cc3)no2)cc1. The maximum absolute atomic E-state index is 13.0. The zero-order valence-electron chi connectivity index (χ0n) is 16.2. The predicted octanol–water partition coefficient (Wildman–Crippen LogP) is 2.92. The summed E-state index contributed by atoms with van der Waals surface area (Å²) in [6.07, 6.45) is 2.63. The van der Waals surface area contributed by atoms with Gasteiger partial charge in [0, 0.05) is 17.9 Å². The highest BCUT2D eigenvalue weighted by molar-refractivity contribution is 7.98. The highest BCUT2D eigenvalue weighted by atomic mass is 32.2. The molecule has 3 rings (SSSR count). The summed E-state index contributed by atoms with van der Waals surface area (Å²) < 4.78 is 42.4. The first-order valence-corrected chi connectivity index (χ1v) is 12.0. The molecule has 1 aromatic heterocycles. The molecule has 1 amide bonds. The molecule has 10 heteroatoms. The molecule has 0 radical (unpaired) electrons. The molecule has 2 aromatic carbocycles. The van der Waals surface area contributed by atoms with E-state index < -0.39 is 21.6 Å². The summed E-state index contributed by atoms with van der Waals surface area (Å²) in [5.41, 5.74) is 1.09. The number of thioether (sulfide) groups is 1. The van der Waals surface area contributed by atoms with E-state index in [1.807, 2.05) is 30.5 Å². The fourth-order valence-corrected chi connectivity index (χ4v) is 4.27. The Balaban J connectivity index is 1.49. The first-order chi connectivity index (χ1) is 14.4. The van der Waals surface area contributed by atoms with Gasteiger partial charge in [-0.1, -0.05) is 17.3 Å². The highest BCUT2D eigenvalue weighted by Crippen LogP contribution is 2.15. The molecular weight excluding hydrogens is 429 g/mol. The van der Waals surface area contributed by atoms with Crippen LogP contribution in [0.2, 0.25) is 0 Å². The van der Waals surface area contributed by atoms with Crippen molar-refractivity contribution in [2.75, 3.05) is 18.6 Å². The van der Waals surface area contributed by atoms with Gasteiger partial charge in [-0.3, -0.25) is 4.79 Å². The van der Waals surface area contributed by atoms with Gasteiger partial charge in [-0.15, -0.1) is 11.8 Å². The van der Waals surface area contributed by atoms with Gasteiger partial charge in [-0.05, 0) is 54.6 Å². The van der Waals surface area contributed by atoms with Crippen molar-refractivity contribution in [1.82, 2.24) is 15.5 Å². The van der Waals surface area contributed by atoms with Crippen LogP contribution < -0.4 is 5.32 Å². The Morgan fingerprint density at radius 3 is 2.47 bits per heavy atom. The van der Waals surface area contributed by atoms with Crippen molar-refractivity contribution in [3.8, 4) is 0 Å². The summed E-state index contributed by atoms with van der Waals surface area (Å²) in [5, 5.41) is 6.36. The lowest BCUT2D eigenvalue weighted by Gasteiger charge is -2.03. The van der Waals surface area contributed by atoms with Gasteiger partial charge in [0.05, 0.1) is 10.6 Å². The van der Waals surface area contributed by atoms with Gasteiger partial charge in [-0.25, -0.2) is 12.8 Å². The molecule has 0 bridgehead atoms. The molecule has 1 heterocycles. The molecule has 0 unspecified atom stereocenters. The Kier molecular flexibility index (Phi) is 7.22. The summed E-state index contributed by atoms with van der Waals surface area (Å²) in [5.74, 6) is -1.43. The van der Waals surface area contributed by atoms with Crippen molar-refractivity contribution in [3.63, 3.8) is 0 Å². The monoisotopic (exact) mass is 449 g/mol. The number of nitrogens with zero attached hydrogens (tertiary/aromatic N) is 2. The van der Waals surface area contributed by atoms with E-state index in [4.69, 9.17) is 4.52 Å². The zero-order chi connectivity index (χ0) is 21.6. The van der Waals surface area contributed by atoms with Crippen LogP contribution in [0.25, 0.3) is 0 Å². The van der Waals surface area contributed by atoms with Crippen molar-refractivity contribution in [3.05, 3.63) is 71.6 Å². The summed E-state index contributed by atoms with van der Waals surface area (Å²) in [6.45, 7) is 0.397. The number of hydrogen-bond acceptors (Lipinski definition) is 7. The molecule has 0 atom stereocenters. The van der Waals surface area contributed by atoms with Gasteiger partial charge in [-0.2, -0.15) is 4.98 Å². The first kappa shape index (κ1) is 22.0. The number of nitrogens with one attached hydrogen (secondary N) is 1. The van der Waals surface area contributed by atoms with Crippen molar-refractivity contribution in [1.29, 1.82) is 0 Å². The Hall–Kier alpha value is -2.72. The van der Waals surface area contributed by atoms with Gasteiger partial charge in [0.1, 0.15) is 5.82 Å². The second kappa shape index (κ2) is 9.86. The van der Waals surface area contributed by atoms with Crippen molar-refractivity contribution in [2.24, 2.45) is 0 Å². The van der Waals surface area contributed by atoms with Crippen LogP contribution in [0.15, 0.2) is 62.8 Å². The van der Waals surface area contributed by atoms with E-state index in [1.54, 1.807) is 11.8 Å². The standard InChI is InChI=1S/C20H20FN3O4S2/c1-29-16-6-2-14(3-7-16)10-12-22-19(25)20-23-18(24-28-20)11-13-30(26,27)17-8-4-15(21)5-9-17/h2-9H,10-13H2,1H3,(H,22,25). The van der Waals surface area contributed by atoms with Crippen LogP contribution in [-0.4, -0.2) is 43.0 Å². The van der Waals surface area contributed by atoms with Gasteiger partial charge >= 0.3 is 11.8 Å². The molecule has 0 saturated carbocycles. The molecular formula is C20H20FN3O4S2. The lowest BCUT2D eigenvalue weighted by Crippen LogP contribution is -2.26. The lowest BCUT2D eigenvalue weighted by atomic mass is 10.1. The Bertz CT molecular complexity index is 1100. The number of benzene rings is 2. The highest BCUT2D eigenvalue weighted by Gasteiger charge is 2.19. The molecule has 158 valence electrons. The minimum Gasteiger partial charge on any atom is -0.347 e. The smallest absolute Gasteiger partial charge is 0.315 e. The van der Waals surface area contributed by atoms with E-state index in [0.717, 1.165) is 17.7 Å². The fourth-order valence-electron chi connectivity index (χ4n) is 2.62. The fraction of sp³-hybridized carbons (Fsp3) is 0.250. The minimum absolute atomic E-state index is 0.0101. The Morgan fingerprint density at radius 2 is 1.80 bits per heavy atom. The summed E-state index contributed by atoms with van der Waals surface area (Å²) in [4.78, 5) is 17.3. The maximum atomic E-state index is 13.0. The average Bonchev–Trinajstić information content (AvgIpc) is 3.22. The molecule has 3 aromatic rings. The van der Waals surface area contributed by atoms with Crippen molar-refractivity contribution < 1.29 is 22.1 Å². The summed E-state index contributed by atoms with van der Waals surface area (Å²) in [6, 6.07) is 12.6. The first-order valence-electron chi connectivity index (χ1n) is 9.09. The summed E-state index contributed by atoms with van der Waals surface area (Å²) in [7, 11) is -3.63. The number of aromatic nitrogens is 2. The zero-order valence-corrected chi connectivity index (χ0v) is 17.8. The molecule has 0 fully saturated rings. The van der Waals surface area contributed by atoms with E-state index in [-0.39, 0.29) is 28.8 Å². The van der Waals surface area contributed by atoms with Crippen LogP contribution in [-0.2, 0) is 22.7 Å². The van der Waals surface area contributed by atoms with E-state index in [0.29, 0.717) is 13.0 Å².